The van der Waals surface area contributed by atoms with E-state index in [1.54, 1.807) is 0 Å². The highest BCUT2D eigenvalue weighted by Gasteiger charge is 2.41. The van der Waals surface area contributed by atoms with Crippen molar-refractivity contribution < 1.29 is 13.2 Å². The lowest BCUT2D eigenvalue weighted by molar-refractivity contribution is -0.150. The molecule has 0 aliphatic carbocycles. The quantitative estimate of drug-likeness (QED) is 0.837. The molecule has 1 atom stereocenters. The summed E-state index contributed by atoms with van der Waals surface area (Å²) in [5.74, 6) is 2.13. The molecule has 0 amide bonds. The lowest BCUT2D eigenvalue weighted by atomic mass is 9.95. The molecule has 2 fully saturated rings. The molecule has 2 N–H and O–H groups in total. The van der Waals surface area contributed by atoms with E-state index in [4.69, 9.17) is 5.73 Å². The third-order valence-electron chi connectivity index (χ3n) is 3.91. The van der Waals surface area contributed by atoms with Gasteiger partial charge in [0, 0.05) is 44.0 Å². The minimum atomic E-state index is -4.09. The Balaban J connectivity index is 1.86. The maximum absolute atomic E-state index is 12.3. The van der Waals surface area contributed by atoms with Crippen molar-refractivity contribution in [3.63, 3.8) is 0 Å². The van der Waals surface area contributed by atoms with Crippen LogP contribution in [0.1, 0.15) is 6.42 Å². The Morgan fingerprint density at radius 3 is 2.28 bits per heavy atom. The van der Waals surface area contributed by atoms with Crippen molar-refractivity contribution in [2.45, 2.75) is 18.1 Å². The first-order chi connectivity index (χ1) is 8.45. The number of thioether (sulfide) groups is 1. The van der Waals surface area contributed by atoms with Crippen LogP contribution >= 0.6 is 11.8 Å². The summed E-state index contributed by atoms with van der Waals surface area (Å²) < 4.78 is 36.9. The Morgan fingerprint density at radius 2 is 1.83 bits per heavy atom. The lowest BCUT2D eigenvalue weighted by Crippen LogP contribution is -2.61. The molecule has 18 heavy (non-hydrogen) atoms. The Labute approximate surface area is 110 Å². The summed E-state index contributed by atoms with van der Waals surface area (Å²) >= 11 is 1.89. The number of hydrogen-bond acceptors (Lipinski definition) is 4. The zero-order chi connectivity index (χ0) is 13.2. The van der Waals surface area contributed by atoms with E-state index in [-0.39, 0.29) is 5.54 Å². The van der Waals surface area contributed by atoms with Crippen LogP contribution in [-0.2, 0) is 0 Å². The predicted octanol–water partition coefficient (Wildman–Crippen LogP) is 1.00. The fraction of sp³-hybridized carbons (Fsp3) is 1.00. The fourth-order valence-corrected chi connectivity index (χ4v) is 4.26. The Kier molecular flexibility index (Phi) is 4.46. The number of alkyl halides is 3. The van der Waals surface area contributed by atoms with Crippen LogP contribution < -0.4 is 5.73 Å². The normalized spacial score (nSPS) is 32.0. The molecule has 1 unspecified atom stereocenters. The van der Waals surface area contributed by atoms with E-state index in [0.717, 1.165) is 17.9 Å². The monoisotopic (exact) mass is 283 g/mol. The van der Waals surface area contributed by atoms with E-state index in [1.807, 2.05) is 11.8 Å². The number of nitrogens with two attached hydrogens (primary N) is 1. The highest BCUT2D eigenvalue weighted by atomic mass is 32.2. The molecule has 2 aliphatic heterocycles. The van der Waals surface area contributed by atoms with Crippen LogP contribution in [0, 0.1) is 0 Å². The Bertz CT molecular complexity index is 271. The van der Waals surface area contributed by atoms with Gasteiger partial charge >= 0.3 is 6.18 Å². The molecule has 3 nitrogen and oxygen atoms in total. The fourth-order valence-electron chi connectivity index (χ4n) is 2.77. The molecule has 0 bridgehead atoms. The van der Waals surface area contributed by atoms with Gasteiger partial charge in [0.05, 0.1) is 6.54 Å². The van der Waals surface area contributed by atoms with Crippen LogP contribution in [0.2, 0.25) is 0 Å². The summed E-state index contributed by atoms with van der Waals surface area (Å²) in [7, 11) is 0. The van der Waals surface area contributed by atoms with Gasteiger partial charge in [0.15, 0.2) is 0 Å². The maximum atomic E-state index is 12.3. The maximum Gasteiger partial charge on any atom is 0.401 e. The van der Waals surface area contributed by atoms with Crippen LogP contribution in [0.5, 0.6) is 0 Å². The molecule has 106 valence electrons. The Hall–Kier alpha value is 0.0200. The van der Waals surface area contributed by atoms with Crippen molar-refractivity contribution in [3.8, 4) is 0 Å². The van der Waals surface area contributed by atoms with Gasteiger partial charge in [-0.3, -0.25) is 9.80 Å². The molecule has 0 aromatic carbocycles. The summed E-state index contributed by atoms with van der Waals surface area (Å²) in [6, 6.07) is 0. The second-order valence-corrected chi connectivity index (χ2v) is 6.21. The smallest absolute Gasteiger partial charge is 0.329 e. The van der Waals surface area contributed by atoms with E-state index in [2.05, 4.69) is 4.90 Å². The first-order valence-electron chi connectivity index (χ1n) is 6.27. The van der Waals surface area contributed by atoms with E-state index in [0.29, 0.717) is 32.7 Å². The minimum absolute atomic E-state index is 0.0367. The van der Waals surface area contributed by atoms with E-state index in [1.165, 1.54) is 4.90 Å². The zero-order valence-electron chi connectivity index (χ0n) is 10.4. The highest BCUT2D eigenvalue weighted by Crippen LogP contribution is 2.33. The standard InChI is InChI=1S/C11H20F3N3S/c12-11(13,14)8-16-2-4-17(5-3-16)10(7-15)1-6-18-9-10/h1-9,15H2. The molecular formula is C11H20F3N3S. The average molecular weight is 283 g/mol. The first-order valence-corrected chi connectivity index (χ1v) is 7.43. The molecule has 0 spiro atoms. The molecule has 2 heterocycles. The number of piperazine rings is 1. The van der Waals surface area contributed by atoms with Gasteiger partial charge in [0.1, 0.15) is 0 Å². The third-order valence-corrected chi connectivity index (χ3v) is 5.14. The molecular weight excluding hydrogens is 263 g/mol. The van der Waals surface area contributed by atoms with Crippen LogP contribution in [0.3, 0.4) is 0 Å². The van der Waals surface area contributed by atoms with Gasteiger partial charge in [-0.05, 0) is 12.2 Å². The van der Waals surface area contributed by atoms with Gasteiger partial charge in [0.25, 0.3) is 0 Å². The summed E-state index contributed by atoms with van der Waals surface area (Å²) in [6.07, 6.45) is -3.02. The van der Waals surface area contributed by atoms with Crippen LogP contribution in [0.4, 0.5) is 13.2 Å². The second-order valence-electron chi connectivity index (χ2n) is 5.11. The SMILES string of the molecule is NCC1(N2CCN(CC(F)(F)F)CC2)CCSC1. The molecule has 2 rings (SSSR count). The summed E-state index contributed by atoms with van der Waals surface area (Å²) in [5.41, 5.74) is 5.92. The van der Waals surface area contributed by atoms with Crippen molar-refractivity contribution in [2.24, 2.45) is 5.73 Å². The molecule has 2 aliphatic rings. The van der Waals surface area contributed by atoms with Crippen molar-refractivity contribution in [1.29, 1.82) is 0 Å². The summed E-state index contributed by atoms with van der Waals surface area (Å²) in [5, 5.41) is 0. The molecule has 0 radical (unpaired) electrons. The molecule has 2 saturated heterocycles. The van der Waals surface area contributed by atoms with Gasteiger partial charge in [0.2, 0.25) is 0 Å². The van der Waals surface area contributed by atoms with Gasteiger partial charge in [-0.1, -0.05) is 0 Å². The number of halogens is 3. The van der Waals surface area contributed by atoms with Crippen LogP contribution in [0.15, 0.2) is 0 Å². The van der Waals surface area contributed by atoms with E-state index >= 15 is 0 Å². The van der Waals surface area contributed by atoms with Crippen molar-refractivity contribution >= 4 is 11.8 Å². The van der Waals surface area contributed by atoms with Crippen LogP contribution in [-0.4, -0.2) is 72.3 Å². The number of nitrogens with zero attached hydrogens (tertiary/aromatic N) is 2. The predicted molar refractivity (Wildman–Crippen MR) is 67.8 cm³/mol. The third kappa shape index (κ3) is 3.31. The average Bonchev–Trinajstić information content (AvgIpc) is 2.77. The van der Waals surface area contributed by atoms with Gasteiger partial charge in [-0.25, -0.2) is 0 Å². The molecule has 0 aromatic heterocycles. The topological polar surface area (TPSA) is 32.5 Å². The van der Waals surface area contributed by atoms with Crippen molar-refractivity contribution in [3.05, 3.63) is 0 Å². The molecule has 0 aromatic rings. The Morgan fingerprint density at radius 1 is 1.17 bits per heavy atom. The summed E-state index contributed by atoms with van der Waals surface area (Å²) in [4.78, 5) is 3.79. The highest BCUT2D eigenvalue weighted by molar-refractivity contribution is 7.99. The second kappa shape index (κ2) is 5.56. The molecule has 7 heteroatoms. The van der Waals surface area contributed by atoms with Crippen molar-refractivity contribution in [1.82, 2.24) is 9.80 Å². The van der Waals surface area contributed by atoms with Gasteiger partial charge in [-0.15, -0.1) is 0 Å². The van der Waals surface area contributed by atoms with Crippen LogP contribution in [0.25, 0.3) is 0 Å². The largest absolute Gasteiger partial charge is 0.401 e. The van der Waals surface area contributed by atoms with Gasteiger partial charge < -0.3 is 5.73 Å². The first kappa shape index (κ1) is 14.4. The lowest BCUT2D eigenvalue weighted by Gasteiger charge is -2.45. The molecule has 0 saturated carbocycles. The zero-order valence-corrected chi connectivity index (χ0v) is 11.2. The van der Waals surface area contributed by atoms with E-state index in [9.17, 15) is 13.2 Å². The number of hydrogen-bond donors (Lipinski definition) is 1. The van der Waals surface area contributed by atoms with Gasteiger partial charge in [-0.2, -0.15) is 24.9 Å². The van der Waals surface area contributed by atoms with Crippen molar-refractivity contribution in [2.75, 3.05) is 50.8 Å². The summed E-state index contributed by atoms with van der Waals surface area (Å²) in [6.45, 7) is 2.21. The van der Waals surface area contributed by atoms with E-state index < -0.39 is 12.7 Å². The number of rotatable bonds is 3. The minimum Gasteiger partial charge on any atom is -0.329 e.